The van der Waals surface area contributed by atoms with E-state index in [9.17, 15) is 24.6 Å². The monoisotopic (exact) mass is 396 g/mol. The SMILES string of the molecule is O=C(Nc1ccc(C(=O)NC2c3cccc(O)c3CC2C(=O)O)cn1)NC1CC1. The molecule has 1 heterocycles. The van der Waals surface area contributed by atoms with Gasteiger partial charge in [0.05, 0.1) is 17.5 Å². The van der Waals surface area contributed by atoms with Crippen molar-refractivity contribution in [1.29, 1.82) is 0 Å². The number of carbonyl (C=O) groups is 3. The summed E-state index contributed by atoms with van der Waals surface area (Å²) >= 11 is 0. The van der Waals surface area contributed by atoms with Gasteiger partial charge in [0.1, 0.15) is 11.6 Å². The van der Waals surface area contributed by atoms with Gasteiger partial charge >= 0.3 is 12.0 Å². The Labute approximate surface area is 166 Å². The summed E-state index contributed by atoms with van der Waals surface area (Å²) in [6.07, 6.45) is 3.40. The van der Waals surface area contributed by atoms with Crippen LogP contribution in [-0.2, 0) is 11.2 Å². The first-order valence-corrected chi connectivity index (χ1v) is 9.30. The van der Waals surface area contributed by atoms with Crippen molar-refractivity contribution in [3.8, 4) is 5.75 Å². The van der Waals surface area contributed by atoms with Gasteiger partial charge in [0.15, 0.2) is 0 Å². The average Bonchev–Trinajstić information content (AvgIpc) is 3.41. The third-order valence-electron chi connectivity index (χ3n) is 5.13. The molecule has 2 aliphatic rings. The molecule has 1 saturated carbocycles. The van der Waals surface area contributed by atoms with E-state index in [2.05, 4.69) is 20.9 Å². The lowest BCUT2D eigenvalue weighted by Gasteiger charge is -2.19. The minimum Gasteiger partial charge on any atom is -0.508 e. The van der Waals surface area contributed by atoms with Gasteiger partial charge in [-0.05, 0) is 43.0 Å². The Morgan fingerprint density at radius 1 is 1.07 bits per heavy atom. The van der Waals surface area contributed by atoms with E-state index in [-0.39, 0.29) is 29.8 Å². The summed E-state index contributed by atoms with van der Waals surface area (Å²) in [6, 6.07) is 6.94. The highest BCUT2D eigenvalue weighted by Gasteiger charge is 2.39. The Kier molecular flexibility index (Phi) is 4.79. The lowest BCUT2D eigenvalue weighted by atomic mass is 10.0. The van der Waals surface area contributed by atoms with Crippen LogP contribution in [0.1, 0.15) is 40.4 Å². The van der Waals surface area contributed by atoms with Crippen molar-refractivity contribution < 1.29 is 24.6 Å². The number of rotatable bonds is 5. The molecular formula is C20H20N4O5. The Hall–Kier alpha value is -3.62. The molecule has 150 valence electrons. The molecule has 1 fully saturated rings. The minimum atomic E-state index is -1.05. The fraction of sp³-hybridized carbons (Fsp3) is 0.300. The maximum Gasteiger partial charge on any atom is 0.320 e. The molecule has 2 aromatic rings. The first-order valence-electron chi connectivity index (χ1n) is 9.30. The highest BCUT2D eigenvalue weighted by Crippen LogP contribution is 2.40. The number of phenols is 1. The Morgan fingerprint density at radius 3 is 2.52 bits per heavy atom. The summed E-state index contributed by atoms with van der Waals surface area (Å²) in [7, 11) is 0. The number of carbonyl (C=O) groups excluding carboxylic acids is 2. The molecule has 1 aromatic carbocycles. The van der Waals surface area contributed by atoms with Crippen molar-refractivity contribution in [3.63, 3.8) is 0 Å². The molecule has 4 rings (SSSR count). The molecule has 0 saturated heterocycles. The quantitative estimate of drug-likeness (QED) is 0.522. The largest absolute Gasteiger partial charge is 0.508 e. The molecular weight excluding hydrogens is 376 g/mol. The van der Waals surface area contributed by atoms with Gasteiger partial charge in [0, 0.05) is 17.8 Å². The number of carboxylic acids is 1. The van der Waals surface area contributed by atoms with E-state index >= 15 is 0 Å². The summed E-state index contributed by atoms with van der Waals surface area (Å²) in [4.78, 5) is 40.1. The zero-order valence-electron chi connectivity index (χ0n) is 15.4. The molecule has 2 atom stereocenters. The van der Waals surface area contributed by atoms with E-state index in [4.69, 9.17) is 0 Å². The molecule has 5 N–H and O–H groups in total. The number of aliphatic carboxylic acids is 1. The number of nitrogens with zero attached hydrogens (tertiary/aromatic N) is 1. The molecule has 0 aliphatic heterocycles. The van der Waals surface area contributed by atoms with Gasteiger partial charge in [0.2, 0.25) is 0 Å². The van der Waals surface area contributed by atoms with Gasteiger partial charge in [-0.2, -0.15) is 0 Å². The van der Waals surface area contributed by atoms with Crippen molar-refractivity contribution in [2.45, 2.75) is 31.3 Å². The maximum atomic E-state index is 12.6. The predicted molar refractivity (Wildman–Crippen MR) is 103 cm³/mol. The van der Waals surface area contributed by atoms with Gasteiger partial charge < -0.3 is 20.8 Å². The van der Waals surface area contributed by atoms with Crippen LogP contribution in [0.4, 0.5) is 10.6 Å². The van der Waals surface area contributed by atoms with Crippen LogP contribution >= 0.6 is 0 Å². The first-order chi connectivity index (χ1) is 13.9. The third kappa shape index (κ3) is 3.98. The number of urea groups is 1. The number of aromatic hydroxyl groups is 1. The normalized spacial score (nSPS) is 19.9. The standard InChI is InChI=1S/C20H20N4O5/c25-15-3-1-2-12-13(15)8-14(19(27)28)17(12)24-18(26)10-4-7-16(21-9-10)23-20(29)22-11-5-6-11/h1-4,7,9,11,14,17,25H,5-6,8H2,(H,24,26)(H,27,28)(H2,21,22,23,29). The molecule has 0 radical (unpaired) electrons. The highest BCUT2D eigenvalue weighted by atomic mass is 16.4. The lowest BCUT2D eigenvalue weighted by molar-refractivity contribution is -0.142. The van der Waals surface area contributed by atoms with E-state index in [0.29, 0.717) is 16.9 Å². The van der Waals surface area contributed by atoms with Crippen molar-refractivity contribution in [2.24, 2.45) is 5.92 Å². The Bertz CT molecular complexity index is 971. The van der Waals surface area contributed by atoms with Crippen molar-refractivity contribution in [1.82, 2.24) is 15.6 Å². The Balaban J connectivity index is 1.46. The predicted octanol–water partition coefficient (Wildman–Crippen LogP) is 1.80. The molecule has 9 heteroatoms. The number of nitrogens with one attached hydrogen (secondary N) is 3. The summed E-state index contributed by atoms with van der Waals surface area (Å²) in [5, 5.41) is 27.6. The molecule has 29 heavy (non-hydrogen) atoms. The van der Waals surface area contributed by atoms with Crippen LogP contribution in [0.15, 0.2) is 36.5 Å². The second-order valence-electron chi connectivity index (χ2n) is 7.25. The summed E-state index contributed by atoms with van der Waals surface area (Å²) in [5.74, 6) is -2.09. The summed E-state index contributed by atoms with van der Waals surface area (Å²) in [5.41, 5.74) is 1.36. The van der Waals surface area contributed by atoms with Gasteiger partial charge in [-0.1, -0.05) is 12.1 Å². The number of benzene rings is 1. The number of hydrogen-bond donors (Lipinski definition) is 5. The molecule has 0 bridgehead atoms. The Morgan fingerprint density at radius 2 is 1.86 bits per heavy atom. The van der Waals surface area contributed by atoms with Crippen LogP contribution in [0.25, 0.3) is 0 Å². The molecule has 0 spiro atoms. The van der Waals surface area contributed by atoms with Gasteiger partial charge in [-0.25, -0.2) is 9.78 Å². The average molecular weight is 396 g/mol. The van der Waals surface area contributed by atoms with Crippen LogP contribution in [0, 0.1) is 5.92 Å². The van der Waals surface area contributed by atoms with Crippen LogP contribution in [0.5, 0.6) is 5.75 Å². The highest BCUT2D eigenvalue weighted by molar-refractivity contribution is 5.95. The fourth-order valence-electron chi connectivity index (χ4n) is 3.46. The van der Waals surface area contributed by atoms with Crippen molar-refractivity contribution >= 4 is 23.7 Å². The van der Waals surface area contributed by atoms with Gasteiger partial charge in [0.25, 0.3) is 5.91 Å². The van der Waals surface area contributed by atoms with E-state index in [1.165, 1.54) is 24.4 Å². The van der Waals surface area contributed by atoms with Gasteiger partial charge in [-0.3, -0.25) is 14.9 Å². The number of anilines is 1. The smallest absolute Gasteiger partial charge is 0.320 e. The number of fused-ring (bicyclic) bond motifs is 1. The molecule has 3 amide bonds. The minimum absolute atomic E-state index is 0.0204. The number of phenolic OH excluding ortho intramolecular Hbond substituents is 1. The number of aromatic nitrogens is 1. The zero-order valence-corrected chi connectivity index (χ0v) is 15.4. The van der Waals surface area contributed by atoms with Crippen molar-refractivity contribution in [3.05, 3.63) is 53.2 Å². The maximum absolute atomic E-state index is 12.6. The topological polar surface area (TPSA) is 141 Å². The van der Waals surface area contributed by atoms with Crippen LogP contribution in [0.2, 0.25) is 0 Å². The lowest BCUT2D eigenvalue weighted by Crippen LogP contribution is -2.34. The second-order valence-corrected chi connectivity index (χ2v) is 7.25. The fourth-order valence-corrected chi connectivity index (χ4v) is 3.46. The number of amides is 3. The number of pyridine rings is 1. The van der Waals surface area contributed by atoms with Crippen LogP contribution < -0.4 is 16.0 Å². The molecule has 2 aliphatic carbocycles. The van der Waals surface area contributed by atoms with Crippen LogP contribution in [0.3, 0.4) is 0 Å². The van der Waals surface area contributed by atoms with Crippen LogP contribution in [-0.4, -0.2) is 39.1 Å². The zero-order chi connectivity index (χ0) is 20.5. The first kappa shape index (κ1) is 18.7. The molecule has 1 aromatic heterocycles. The van der Waals surface area contributed by atoms with Gasteiger partial charge in [-0.15, -0.1) is 0 Å². The molecule has 9 nitrogen and oxygen atoms in total. The van der Waals surface area contributed by atoms with E-state index in [0.717, 1.165) is 12.8 Å². The number of carboxylic acid groups (broad SMARTS) is 1. The number of hydrogen-bond acceptors (Lipinski definition) is 5. The van der Waals surface area contributed by atoms with E-state index < -0.39 is 23.8 Å². The molecule has 2 unspecified atom stereocenters. The summed E-state index contributed by atoms with van der Waals surface area (Å²) in [6.45, 7) is 0. The summed E-state index contributed by atoms with van der Waals surface area (Å²) < 4.78 is 0. The van der Waals surface area contributed by atoms with Crippen molar-refractivity contribution in [2.75, 3.05) is 5.32 Å². The van der Waals surface area contributed by atoms with E-state index in [1.54, 1.807) is 12.1 Å². The second kappa shape index (κ2) is 7.42. The third-order valence-corrected chi connectivity index (χ3v) is 5.13. The van der Waals surface area contributed by atoms with E-state index in [1.807, 2.05) is 0 Å².